The molecule has 1 heterocycles. The Bertz CT molecular complexity index is 481. The summed E-state index contributed by atoms with van der Waals surface area (Å²) < 4.78 is 5.47. The number of rotatable bonds is 4. The van der Waals surface area contributed by atoms with Crippen LogP contribution in [0.1, 0.15) is 6.42 Å². The number of hydrogen-bond acceptors (Lipinski definition) is 3. The van der Waals surface area contributed by atoms with Crippen LogP contribution in [0.3, 0.4) is 0 Å². The standard InChI is InChI=1S/C14H15NO2S/c1-2-7-17-13-6-4-3-5-12(13)15-9-11(10-18)8-14(15)16/h1,3-6,11,18H,7-10H2. The largest absolute Gasteiger partial charge is 0.479 e. The highest BCUT2D eigenvalue weighted by Crippen LogP contribution is 2.33. The highest BCUT2D eigenvalue weighted by Gasteiger charge is 2.31. The number of benzene rings is 1. The van der Waals surface area contributed by atoms with Crippen molar-refractivity contribution in [3.05, 3.63) is 24.3 Å². The molecule has 94 valence electrons. The zero-order valence-electron chi connectivity index (χ0n) is 10.0. The van der Waals surface area contributed by atoms with E-state index >= 15 is 0 Å². The highest BCUT2D eigenvalue weighted by molar-refractivity contribution is 7.80. The quantitative estimate of drug-likeness (QED) is 0.663. The van der Waals surface area contributed by atoms with E-state index < -0.39 is 0 Å². The molecule has 1 aliphatic rings. The fourth-order valence-corrected chi connectivity index (χ4v) is 2.30. The lowest BCUT2D eigenvalue weighted by Crippen LogP contribution is -2.25. The third-order valence-electron chi connectivity index (χ3n) is 2.93. The summed E-state index contributed by atoms with van der Waals surface area (Å²) in [6, 6.07) is 7.46. The Labute approximate surface area is 113 Å². The van der Waals surface area contributed by atoms with Gasteiger partial charge in [0.1, 0.15) is 12.4 Å². The molecule has 1 unspecified atom stereocenters. The average molecular weight is 261 g/mol. The molecule has 2 rings (SSSR count). The van der Waals surface area contributed by atoms with E-state index in [1.165, 1.54) is 0 Å². The molecule has 0 spiro atoms. The monoisotopic (exact) mass is 261 g/mol. The number of anilines is 1. The maximum Gasteiger partial charge on any atom is 0.227 e. The van der Waals surface area contributed by atoms with Crippen molar-refractivity contribution >= 4 is 24.2 Å². The van der Waals surface area contributed by atoms with Gasteiger partial charge in [0.2, 0.25) is 5.91 Å². The third-order valence-corrected chi connectivity index (χ3v) is 3.45. The average Bonchev–Trinajstić information content (AvgIpc) is 2.78. The lowest BCUT2D eigenvalue weighted by Gasteiger charge is -2.19. The highest BCUT2D eigenvalue weighted by atomic mass is 32.1. The van der Waals surface area contributed by atoms with Crippen molar-refractivity contribution in [1.29, 1.82) is 0 Å². The molecule has 1 aromatic carbocycles. The SMILES string of the molecule is C#CCOc1ccccc1N1CC(CS)CC1=O. The summed E-state index contributed by atoms with van der Waals surface area (Å²) in [6.45, 7) is 0.897. The maximum atomic E-state index is 12.0. The Morgan fingerprint density at radius 1 is 1.50 bits per heavy atom. The summed E-state index contributed by atoms with van der Waals surface area (Å²) in [7, 11) is 0. The van der Waals surface area contributed by atoms with E-state index in [-0.39, 0.29) is 12.5 Å². The minimum absolute atomic E-state index is 0.116. The van der Waals surface area contributed by atoms with Crippen LogP contribution in [0.5, 0.6) is 5.75 Å². The number of ether oxygens (including phenoxy) is 1. The summed E-state index contributed by atoms with van der Waals surface area (Å²) >= 11 is 4.26. The number of amides is 1. The molecule has 0 aliphatic carbocycles. The van der Waals surface area contributed by atoms with Gasteiger partial charge in [0.15, 0.2) is 0 Å². The van der Waals surface area contributed by atoms with Crippen molar-refractivity contribution in [2.24, 2.45) is 5.92 Å². The smallest absolute Gasteiger partial charge is 0.227 e. The second-order valence-corrected chi connectivity index (χ2v) is 4.58. The lowest BCUT2D eigenvalue weighted by atomic mass is 10.1. The van der Waals surface area contributed by atoms with Gasteiger partial charge in [-0.15, -0.1) is 6.42 Å². The van der Waals surface area contributed by atoms with Gasteiger partial charge in [-0.2, -0.15) is 12.6 Å². The molecule has 0 aromatic heterocycles. The number of thiol groups is 1. The topological polar surface area (TPSA) is 29.5 Å². The van der Waals surface area contributed by atoms with Crippen LogP contribution in [0.4, 0.5) is 5.69 Å². The molecule has 3 nitrogen and oxygen atoms in total. The van der Waals surface area contributed by atoms with Crippen LogP contribution in [0.2, 0.25) is 0 Å². The van der Waals surface area contributed by atoms with E-state index in [0.29, 0.717) is 24.6 Å². The number of nitrogens with zero attached hydrogens (tertiary/aromatic N) is 1. The molecule has 1 aromatic rings. The Balaban J connectivity index is 2.23. The van der Waals surface area contributed by atoms with Crippen LogP contribution in [0.25, 0.3) is 0 Å². The number of hydrogen-bond donors (Lipinski definition) is 1. The second kappa shape index (κ2) is 5.83. The van der Waals surface area contributed by atoms with Crippen LogP contribution in [0.15, 0.2) is 24.3 Å². The first-order chi connectivity index (χ1) is 8.76. The van der Waals surface area contributed by atoms with Crippen LogP contribution < -0.4 is 9.64 Å². The van der Waals surface area contributed by atoms with E-state index in [1.54, 1.807) is 4.90 Å². The summed E-state index contributed by atoms with van der Waals surface area (Å²) in [5.41, 5.74) is 0.794. The first-order valence-electron chi connectivity index (χ1n) is 5.82. The Morgan fingerprint density at radius 3 is 2.94 bits per heavy atom. The molecular formula is C14H15NO2S. The van der Waals surface area contributed by atoms with Gasteiger partial charge in [0, 0.05) is 13.0 Å². The summed E-state index contributed by atoms with van der Waals surface area (Å²) in [5.74, 6) is 4.22. The van der Waals surface area contributed by atoms with Gasteiger partial charge >= 0.3 is 0 Å². The van der Waals surface area contributed by atoms with Gasteiger partial charge in [-0.3, -0.25) is 4.79 Å². The lowest BCUT2D eigenvalue weighted by molar-refractivity contribution is -0.117. The van der Waals surface area contributed by atoms with Gasteiger partial charge in [-0.25, -0.2) is 0 Å². The normalized spacial score (nSPS) is 18.8. The Kier molecular flexibility index (Phi) is 4.16. The first-order valence-corrected chi connectivity index (χ1v) is 6.46. The minimum Gasteiger partial charge on any atom is -0.479 e. The van der Waals surface area contributed by atoms with Gasteiger partial charge in [0.25, 0.3) is 0 Å². The van der Waals surface area contributed by atoms with E-state index in [0.717, 1.165) is 11.4 Å². The van der Waals surface area contributed by atoms with Crippen molar-refractivity contribution in [3.63, 3.8) is 0 Å². The van der Waals surface area contributed by atoms with Crippen LogP contribution >= 0.6 is 12.6 Å². The zero-order valence-corrected chi connectivity index (χ0v) is 10.9. The molecule has 0 N–H and O–H groups in total. The molecule has 1 fully saturated rings. The van der Waals surface area contributed by atoms with Crippen LogP contribution in [-0.2, 0) is 4.79 Å². The van der Waals surface area contributed by atoms with E-state index in [4.69, 9.17) is 11.2 Å². The fraction of sp³-hybridized carbons (Fsp3) is 0.357. The van der Waals surface area contributed by atoms with Crippen molar-refractivity contribution in [1.82, 2.24) is 0 Å². The van der Waals surface area contributed by atoms with E-state index in [2.05, 4.69) is 18.5 Å². The number of terminal acetylenes is 1. The maximum absolute atomic E-state index is 12.0. The molecule has 18 heavy (non-hydrogen) atoms. The molecule has 0 bridgehead atoms. The molecule has 1 amide bonds. The predicted molar refractivity (Wildman–Crippen MR) is 75.1 cm³/mol. The molecular weight excluding hydrogens is 246 g/mol. The number of carbonyl (C=O) groups is 1. The van der Waals surface area contributed by atoms with Crippen molar-refractivity contribution in [2.45, 2.75) is 6.42 Å². The van der Waals surface area contributed by atoms with Crippen molar-refractivity contribution in [3.8, 4) is 18.1 Å². The summed E-state index contributed by atoms with van der Waals surface area (Å²) in [6.07, 6.45) is 5.73. The third kappa shape index (κ3) is 2.62. The van der Waals surface area contributed by atoms with Gasteiger partial charge in [-0.05, 0) is 23.8 Å². The van der Waals surface area contributed by atoms with Gasteiger partial charge in [-0.1, -0.05) is 18.1 Å². The van der Waals surface area contributed by atoms with Crippen molar-refractivity contribution in [2.75, 3.05) is 23.8 Å². The molecule has 1 aliphatic heterocycles. The Hall–Kier alpha value is -1.60. The van der Waals surface area contributed by atoms with Crippen LogP contribution in [0, 0.1) is 18.3 Å². The summed E-state index contributed by atoms with van der Waals surface area (Å²) in [5, 5.41) is 0. The fourth-order valence-electron chi connectivity index (χ4n) is 2.06. The molecule has 0 radical (unpaired) electrons. The van der Waals surface area contributed by atoms with Crippen molar-refractivity contribution < 1.29 is 9.53 Å². The predicted octanol–water partition coefficient (Wildman–Crippen LogP) is 1.98. The van der Waals surface area contributed by atoms with E-state index in [1.807, 2.05) is 24.3 Å². The number of carbonyl (C=O) groups excluding carboxylic acids is 1. The molecule has 1 saturated heterocycles. The molecule has 0 saturated carbocycles. The zero-order chi connectivity index (χ0) is 13.0. The number of para-hydroxylation sites is 2. The van der Waals surface area contributed by atoms with Gasteiger partial charge in [0.05, 0.1) is 5.69 Å². The Morgan fingerprint density at radius 2 is 2.28 bits per heavy atom. The van der Waals surface area contributed by atoms with E-state index in [9.17, 15) is 4.79 Å². The summed E-state index contributed by atoms with van der Waals surface area (Å²) in [4.78, 5) is 13.7. The van der Waals surface area contributed by atoms with Crippen LogP contribution in [-0.4, -0.2) is 24.8 Å². The minimum atomic E-state index is 0.116. The first kappa shape index (κ1) is 12.8. The second-order valence-electron chi connectivity index (χ2n) is 4.22. The molecule has 1 atom stereocenters. The van der Waals surface area contributed by atoms with Gasteiger partial charge < -0.3 is 9.64 Å². The molecule has 4 heteroatoms.